The van der Waals surface area contributed by atoms with Gasteiger partial charge in [0.05, 0.1) is 12.2 Å². The molecule has 4 atom stereocenters. The average Bonchev–Trinajstić information content (AvgIpc) is 2.53. The van der Waals surface area contributed by atoms with Crippen LogP contribution in [0.5, 0.6) is 0 Å². The second kappa shape index (κ2) is 5.60. The maximum absolute atomic E-state index is 12.5. The zero-order valence-electron chi connectivity index (χ0n) is 12.3. The van der Waals surface area contributed by atoms with E-state index in [1.54, 1.807) is 0 Å². The van der Waals surface area contributed by atoms with Crippen LogP contribution in [0.3, 0.4) is 0 Å². The second-order valence-corrected chi connectivity index (χ2v) is 6.50. The monoisotopic (exact) mass is 252 g/mol. The number of nitrogens with one attached hydrogen (secondary N) is 1. The van der Waals surface area contributed by atoms with Crippen LogP contribution in [0.2, 0.25) is 0 Å². The Kier molecular flexibility index (Phi) is 4.31. The van der Waals surface area contributed by atoms with E-state index >= 15 is 0 Å². The summed E-state index contributed by atoms with van der Waals surface area (Å²) >= 11 is 0. The number of rotatable bonds is 3. The minimum Gasteiger partial charge on any atom is -0.323 e. The molecule has 1 saturated carbocycles. The Morgan fingerprint density at radius 3 is 2.33 bits per heavy atom. The van der Waals surface area contributed by atoms with Gasteiger partial charge in [-0.25, -0.2) is 0 Å². The molecule has 104 valence electrons. The molecule has 4 unspecified atom stereocenters. The molecule has 0 spiro atoms. The summed E-state index contributed by atoms with van der Waals surface area (Å²) in [6.07, 6.45) is 5.94. The van der Waals surface area contributed by atoms with Crippen LogP contribution in [0, 0.1) is 11.8 Å². The molecule has 3 nitrogen and oxygen atoms in total. The number of amides is 1. The van der Waals surface area contributed by atoms with Gasteiger partial charge >= 0.3 is 0 Å². The predicted octanol–water partition coefficient (Wildman–Crippen LogP) is 2.76. The number of hydrogen-bond acceptors (Lipinski definition) is 2. The average molecular weight is 252 g/mol. The van der Waals surface area contributed by atoms with Gasteiger partial charge in [-0.3, -0.25) is 10.1 Å². The number of carbonyl (C=O) groups is 1. The Bertz CT molecular complexity index is 295. The van der Waals surface area contributed by atoms with Crippen LogP contribution in [0.25, 0.3) is 0 Å². The molecule has 1 saturated heterocycles. The first kappa shape index (κ1) is 13.9. The fourth-order valence-corrected chi connectivity index (χ4v) is 3.94. The molecule has 1 N–H and O–H groups in total. The smallest absolute Gasteiger partial charge is 0.241 e. The molecule has 2 rings (SSSR count). The maximum Gasteiger partial charge on any atom is 0.241 e. The quantitative estimate of drug-likeness (QED) is 0.837. The largest absolute Gasteiger partial charge is 0.323 e. The zero-order chi connectivity index (χ0) is 13.3. The molecule has 1 heterocycles. The molecule has 1 aliphatic heterocycles. The van der Waals surface area contributed by atoms with Gasteiger partial charge in [-0.15, -0.1) is 0 Å². The van der Waals surface area contributed by atoms with Crippen LogP contribution in [-0.2, 0) is 4.79 Å². The topological polar surface area (TPSA) is 32.3 Å². The van der Waals surface area contributed by atoms with Crippen molar-refractivity contribution in [3.63, 3.8) is 0 Å². The van der Waals surface area contributed by atoms with Crippen molar-refractivity contribution in [2.75, 3.05) is 0 Å². The molecule has 0 aromatic rings. The van der Waals surface area contributed by atoms with Crippen LogP contribution in [-0.4, -0.2) is 29.1 Å². The van der Waals surface area contributed by atoms with Gasteiger partial charge in [0.25, 0.3) is 0 Å². The lowest BCUT2D eigenvalue weighted by Gasteiger charge is -2.39. The van der Waals surface area contributed by atoms with Crippen molar-refractivity contribution in [2.45, 2.75) is 78.0 Å². The van der Waals surface area contributed by atoms with E-state index in [9.17, 15) is 4.79 Å². The summed E-state index contributed by atoms with van der Waals surface area (Å²) < 4.78 is 0. The normalized spacial score (nSPS) is 41.4. The van der Waals surface area contributed by atoms with Crippen LogP contribution in [0.4, 0.5) is 0 Å². The third-order valence-corrected chi connectivity index (χ3v) is 4.54. The van der Waals surface area contributed by atoms with E-state index in [1.807, 2.05) is 0 Å². The van der Waals surface area contributed by atoms with E-state index in [-0.39, 0.29) is 12.2 Å². The van der Waals surface area contributed by atoms with E-state index in [4.69, 9.17) is 0 Å². The maximum atomic E-state index is 12.5. The second-order valence-electron chi connectivity index (χ2n) is 6.50. The van der Waals surface area contributed by atoms with Gasteiger partial charge in [0.2, 0.25) is 5.91 Å². The summed E-state index contributed by atoms with van der Waals surface area (Å²) in [7, 11) is 0. The van der Waals surface area contributed by atoms with Crippen molar-refractivity contribution in [3.05, 3.63) is 0 Å². The summed E-state index contributed by atoms with van der Waals surface area (Å²) in [5, 5.41) is 3.46. The van der Waals surface area contributed by atoms with E-state index < -0.39 is 0 Å². The molecule has 0 aromatic carbocycles. The number of hydrogen-bond donors (Lipinski definition) is 1. The van der Waals surface area contributed by atoms with Crippen molar-refractivity contribution in [1.29, 1.82) is 0 Å². The fraction of sp³-hybridized carbons (Fsp3) is 0.933. The molecule has 2 aliphatic rings. The van der Waals surface area contributed by atoms with Gasteiger partial charge in [-0.05, 0) is 44.4 Å². The first-order chi connectivity index (χ1) is 8.52. The molecular weight excluding hydrogens is 224 g/mol. The van der Waals surface area contributed by atoms with Gasteiger partial charge in [0.15, 0.2) is 0 Å². The zero-order valence-corrected chi connectivity index (χ0v) is 12.3. The Hall–Kier alpha value is -0.570. The summed E-state index contributed by atoms with van der Waals surface area (Å²) in [6.45, 7) is 8.93. The Morgan fingerprint density at radius 2 is 1.78 bits per heavy atom. The van der Waals surface area contributed by atoms with Crippen molar-refractivity contribution in [2.24, 2.45) is 11.8 Å². The van der Waals surface area contributed by atoms with Gasteiger partial charge in [0.1, 0.15) is 0 Å². The minimum atomic E-state index is 0.0672. The number of carbonyl (C=O) groups excluding carboxylic acids is 1. The van der Waals surface area contributed by atoms with Crippen molar-refractivity contribution in [3.8, 4) is 0 Å². The van der Waals surface area contributed by atoms with Crippen LogP contribution < -0.4 is 5.32 Å². The highest BCUT2D eigenvalue weighted by Gasteiger charge is 2.41. The van der Waals surface area contributed by atoms with E-state index in [2.05, 4.69) is 37.9 Å². The molecule has 0 aromatic heterocycles. The minimum absolute atomic E-state index is 0.0672. The molecule has 1 amide bonds. The van der Waals surface area contributed by atoms with Crippen LogP contribution in [0.1, 0.15) is 59.8 Å². The first-order valence-electron chi connectivity index (χ1n) is 7.61. The third-order valence-electron chi connectivity index (χ3n) is 4.54. The lowest BCUT2D eigenvalue weighted by molar-refractivity contribution is -0.133. The van der Waals surface area contributed by atoms with Gasteiger partial charge in [-0.1, -0.05) is 27.2 Å². The van der Waals surface area contributed by atoms with Crippen LogP contribution in [0.15, 0.2) is 0 Å². The first-order valence-corrected chi connectivity index (χ1v) is 7.61. The van der Waals surface area contributed by atoms with E-state index in [0.717, 1.165) is 24.7 Å². The predicted molar refractivity (Wildman–Crippen MR) is 74.1 cm³/mol. The van der Waals surface area contributed by atoms with Crippen LogP contribution >= 0.6 is 0 Å². The summed E-state index contributed by atoms with van der Waals surface area (Å²) in [4.78, 5) is 14.6. The number of nitrogens with zero attached hydrogens (tertiary/aromatic N) is 1. The van der Waals surface area contributed by atoms with Gasteiger partial charge < -0.3 is 4.90 Å². The SMILES string of the molecule is CCCC1NC(C)N(C2CC(C)CC(C)C2)C1=O. The highest BCUT2D eigenvalue weighted by Crippen LogP contribution is 2.34. The standard InChI is InChI=1S/C15H28N2O/c1-5-6-14-15(18)17(12(4)16-14)13-8-10(2)7-11(3)9-13/h10-14,16H,5-9H2,1-4H3. The Balaban J connectivity index is 2.05. The lowest BCUT2D eigenvalue weighted by atomic mass is 9.79. The Labute approximate surface area is 111 Å². The van der Waals surface area contributed by atoms with Crippen molar-refractivity contribution < 1.29 is 4.79 Å². The Morgan fingerprint density at radius 1 is 1.17 bits per heavy atom. The summed E-state index contributed by atoms with van der Waals surface area (Å²) in [6, 6.07) is 0.526. The van der Waals surface area contributed by atoms with Crippen molar-refractivity contribution in [1.82, 2.24) is 10.2 Å². The highest BCUT2D eigenvalue weighted by atomic mass is 16.2. The third kappa shape index (κ3) is 2.71. The molecular formula is C15H28N2O. The van der Waals surface area contributed by atoms with Gasteiger partial charge in [-0.2, -0.15) is 0 Å². The molecule has 0 bridgehead atoms. The highest BCUT2D eigenvalue weighted by molar-refractivity contribution is 5.84. The molecule has 3 heteroatoms. The fourth-order valence-electron chi connectivity index (χ4n) is 3.94. The summed E-state index contributed by atoms with van der Waals surface area (Å²) in [5.74, 6) is 1.85. The van der Waals surface area contributed by atoms with E-state index in [0.29, 0.717) is 11.9 Å². The summed E-state index contributed by atoms with van der Waals surface area (Å²) in [5.41, 5.74) is 0. The molecule has 1 aliphatic carbocycles. The molecule has 2 fully saturated rings. The van der Waals surface area contributed by atoms with Gasteiger partial charge in [0, 0.05) is 6.04 Å². The molecule has 18 heavy (non-hydrogen) atoms. The molecule has 0 radical (unpaired) electrons. The van der Waals surface area contributed by atoms with Crippen molar-refractivity contribution >= 4 is 5.91 Å². The van der Waals surface area contributed by atoms with E-state index in [1.165, 1.54) is 19.3 Å². The lowest BCUT2D eigenvalue weighted by Crippen LogP contribution is -2.46.